The lowest BCUT2D eigenvalue weighted by Crippen LogP contribution is -2.39. The van der Waals surface area contributed by atoms with Crippen LogP contribution in [0.4, 0.5) is 4.39 Å². The summed E-state index contributed by atoms with van der Waals surface area (Å²) in [6.07, 6.45) is 2.82. The summed E-state index contributed by atoms with van der Waals surface area (Å²) >= 11 is 1.41. The number of benzene rings is 2. The highest BCUT2D eigenvalue weighted by Gasteiger charge is 2.37. The lowest BCUT2D eigenvalue weighted by atomic mass is 9.95. The fourth-order valence-corrected chi connectivity index (χ4v) is 4.43. The number of nitrogens with two attached hydrogens (primary N) is 2. The number of aryl methyl sites for hydroxylation is 1. The maximum atomic E-state index is 12.8. The molecule has 0 saturated carbocycles. The number of aliphatic hydroxyl groups excluding tert-OH is 1. The first-order chi connectivity index (χ1) is 16.7. The van der Waals surface area contributed by atoms with Gasteiger partial charge in [-0.05, 0) is 79.1 Å². The predicted octanol–water partition coefficient (Wildman–Crippen LogP) is 4.41. The van der Waals surface area contributed by atoms with Crippen LogP contribution in [0.5, 0.6) is 0 Å². The number of halogens is 1. The van der Waals surface area contributed by atoms with Gasteiger partial charge in [-0.15, -0.1) is 0 Å². The fourth-order valence-electron chi connectivity index (χ4n) is 3.60. The van der Waals surface area contributed by atoms with E-state index in [-0.39, 0.29) is 29.4 Å². The number of rotatable bonds is 6. The van der Waals surface area contributed by atoms with Crippen LogP contribution in [-0.4, -0.2) is 34.2 Å². The van der Waals surface area contributed by atoms with E-state index in [1.807, 2.05) is 44.2 Å². The second kappa shape index (κ2) is 11.8. The number of aromatic nitrogens is 1. The van der Waals surface area contributed by atoms with Gasteiger partial charge < -0.3 is 21.3 Å². The molecule has 0 aliphatic carbocycles. The number of amidine groups is 1. The lowest BCUT2D eigenvalue weighted by molar-refractivity contribution is 0.0869. The number of nitrogens with zero attached hydrogens (tertiary/aromatic N) is 2. The smallest absolute Gasteiger partial charge is 0.294 e. The summed E-state index contributed by atoms with van der Waals surface area (Å²) < 4.78 is 22.6. The van der Waals surface area contributed by atoms with Crippen LogP contribution < -0.4 is 11.5 Å². The summed E-state index contributed by atoms with van der Waals surface area (Å²) in [5, 5.41) is 8.54. The van der Waals surface area contributed by atoms with E-state index in [1.165, 1.54) is 18.0 Å². The van der Waals surface area contributed by atoms with Gasteiger partial charge in [-0.3, -0.25) is 9.78 Å². The molecule has 9 heteroatoms. The van der Waals surface area contributed by atoms with Crippen LogP contribution >= 0.6 is 11.9 Å². The summed E-state index contributed by atoms with van der Waals surface area (Å²) in [6.45, 7) is 4.10. The zero-order valence-corrected chi connectivity index (χ0v) is 20.5. The molecule has 35 heavy (non-hydrogen) atoms. The van der Waals surface area contributed by atoms with Gasteiger partial charge in [0.1, 0.15) is 17.1 Å². The van der Waals surface area contributed by atoms with Crippen LogP contribution in [0, 0.1) is 5.82 Å². The normalized spacial score (nSPS) is 16.3. The first kappa shape index (κ1) is 26.2. The van der Waals surface area contributed by atoms with Crippen LogP contribution in [0.1, 0.15) is 47.1 Å². The molecule has 1 atom stereocenters. The Morgan fingerprint density at radius 3 is 2.49 bits per heavy atom. The molecule has 0 spiro atoms. The summed E-state index contributed by atoms with van der Waals surface area (Å²) in [7, 11) is 0. The van der Waals surface area contributed by atoms with Crippen LogP contribution in [-0.2, 0) is 11.2 Å². The predicted molar refractivity (Wildman–Crippen MR) is 137 cm³/mol. The number of hydrogen-bond acceptors (Lipinski definition) is 7. The van der Waals surface area contributed by atoms with Crippen LogP contribution in [0.25, 0.3) is 11.1 Å². The van der Waals surface area contributed by atoms with Crippen LogP contribution in [0.3, 0.4) is 0 Å². The highest BCUT2D eigenvalue weighted by Crippen LogP contribution is 2.44. The van der Waals surface area contributed by atoms with E-state index in [2.05, 4.69) is 9.38 Å². The molecule has 0 bridgehead atoms. The fraction of sp³-hybridized carbons (Fsp3) is 0.269. The molecule has 2 aromatic carbocycles. The van der Waals surface area contributed by atoms with Crippen molar-refractivity contribution in [2.45, 2.75) is 37.5 Å². The third-order valence-electron chi connectivity index (χ3n) is 5.37. The second-order valence-electron chi connectivity index (χ2n) is 8.46. The van der Waals surface area contributed by atoms with Crippen molar-refractivity contribution >= 4 is 23.9 Å². The zero-order chi connectivity index (χ0) is 25.4. The number of hydrogen-bond donors (Lipinski definition) is 3. The van der Waals surface area contributed by atoms with Crippen LogP contribution in [0.2, 0.25) is 0 Å². The zero-order valence-electron chi connectivity index (χ0n) is 19.6. The van der Waals surface area contributed by atoms with E-state index in [4.69, 9.17) is 21.3 Å². The maximum Gasteiger partial charge on any atom is 0.294 e. The van der Waals surface area contributed by atoms with Gasteiger partial charge in [0.15, 0.2) is 0 Å². The van der Waals surface area contributed by atoms with E-state index < -0.39 is 11.5 Å². The highest BCUT2D eigenvalue weighted by molar-refractivity contribution is 7.98. The third-order valence-corrected chi connectivity index (χ3v) is 6.70. The van der Waals surface area contributed by atoms with Crippen molar-refractivity contribution in [1.29, 1.82) is 0 Å². The summed E-state index contributed by atoms with van der Waals surface area (Å²) in [6, 6.07) is 18.4. The molecule has 7 nitrogen and oxygen atoms in total. The SMILES string of the molecule is CC1(C)OC(N)=NSC1c1ccc(-c2ccnc(C(N)=O)c2)cc1.OCCCc1ccccc1F. The lowest BCUT2D eigenvalue weighted by Gasteiger charge is -2.36. The Morgan fingerprint density at radius 1 is 1.14 bits per heavy atom. The number of ether oxygens (including phenoxy) is 1. The van der Waals surface area contributed by atoms with Crippen molar-refractivity contribution in [3.8, 4) is 11.1 Å². The van der Waals surface area contributed by atoms with E-state index in [1.54, 1.807) is 30.5 Å². The molecule has 3 aromatic rings. The summed E-state index contributed by atoms with van der Waals surface area (Å²) in [5.41, 5.74) is 14.4. The molecule has 0 fully saturated rings. The second-order valence-corrected chi connectivity index (χ2v) is 9.32. The Morgan fingerprint density at radius 2 is 1.86 bits per heavy atom. The van der Waals surface area contributed by atoms with Gasteiger partial charge in [0.2, 0.25) is 0 Å². The standard InChI is InChI=1S/C17H18N4O2S.C9H11FO/c1-17(2)14(24-21-16(19)23-17)11-5-3-10(4-6-11)12-7-8-20-13(9-12)15(18)22;10-9-6-2-1-4-8(9)5-3-7-11/h3-9,14H,1-2H3,(H2,18,22)(H2,19,21);1-2,4,6,11H,3,5,7H2. The van der Waals surface area contributed by atoms with Gasteiger partial charge in [0.25, 0.3) is 11.9 Å². The Balaban J connectivity index is 0.000000261. The molecule has 1 aromatic heterocycles. The minimum atomic E-state index is -0.540. The molecule has 0 saturated heterocycles. The molecule has 5 N–H and O–H groups in total. The Hall–Kier alpha value is -3.43. The molecule has 184 valence electrons. The number of amides is 1. The summed E-state index contributed by atoms with van der Waals surface area (Å²) in [5.74, 6) is -0.720. The molecule has 4 rings (SSSR count). The highest BCUT2D eigenvalue weighted by atomic mass is 32.2. The van der Waals surface area contributed by atoms with Crippen LogP contribution in [0.15, 0.2) is 71.3 Å². The van der Waals surface area contributed by atoms with E-state index in [0.29, 0.717) is 18.4 Å². The quantitative estimate of drug-likeness (QED) is 0.434. The largest absolute Gasteiger partial charge is 0.457 e. The van der Waals surface area contributed by atoms with Gasteiger partial charge >= 0.3 is 0 Å². The van der Waals surface area contributed by atoms with E-state index in [0.717, 1.165) is 16.7 Å². The first-order valence-electron chi connectivity index (χ1n) is 11.1. The molecular weight excluding hydrogens is 467 g/mol. The number of carbonyl (C=O) groups is 1. The number of primary amides is 1. The van der Waals surface area contributed by atoms with Gasteiger partial charge in [-0.1, -0.05) is 42.5 Å². The van der Waals surface area contributed by atoms with Gasteiger partial charge in [0, 0.05) is 12.8 Å². The van der Waals surface area contributed by atoms with Crippen molar-refractivity contribution in [3.05, 3.63) is 89.5 Å². The van der Waals surface area contributed by atoms with Crippen molar-refractivity contribution < 1.29 is 19.0 Å². The number of aliphatic hydroxyl groups is 1. The topological polar surface area (TPSA) is 124 Å². The van der Waals surface area contributed by atoms with Gasteiger partial charge in [-0.2, -0.15) is 4.40 Å². The molecule has 1 aliphatic rings. The number of pyridine rings is 1. The molecule has 1 unspecified atom stereocenters. The van der Waals surface area contributed by atoms with Gasteiger partial charge in [-0.25, -0.2) is 4.39 Å². The van der Waals surface area contributed by atoms with Crippen molar-refractivity contribution in [3.63, 3.8) is 0 Å². The Labute approximate surface area is 208 Å². The number of carbonyl (C=O) groups excluding carboxylic acids is 1. The van der Waals surface area contributed by atoms with Crippen molar-refractivity contribution in [2.75, 3.05) is 6.61 Å². The van der Waals surface area contributed by atoms with E-state index >= 15 is 0 Å². The van der Waals surface area contributed by atoms with E-state index in [9.17, 15) is 9.18 Å². The van der Waals surface area contributed by atoms with Gasteiger partial charge in [0.05, 0.1) is 5.25 Å². The average molecular weight is 497 g/mol. The Bertz CT molecular complexity index is 1190. The Kier molecular flexibility index (Phi) is 8.84. The molecule has 1 amide bonds. The monoisotopic (exact) mass is 496 g/mol. The summed E-state index contributed by atoms with van der Waals surface area (Å²) in [4.78, 5) is 15.2. The molecule has 2 heterocycles. The minimum Gasteiger partial charge on any atom is -0.457 e. The molecule has 0 radical (unpaired) electrons. The maximum absolute atomic E-state index is 12.8. The average Bonchev–Trinajstić information content (AvgIpc) is 2.84. The molecular formula is C26H29FN4O3S. The van der Waals surface area contributed by atoms with Crippen molar-refractivity contribution in [1.82, 2.24) is 4.98 Å². The third kappa shape index (κ3) is 7.03. The van der Waals surface area contributed by atoms with Crippen molar-refractivity contribution in [2.24, 2.45) is 15.9 Å². The molecule has 1 aliphatic heterocycles. The minimum absolute atomic E-state index is 0.0393. The first-order valence-corrected chi connectivity index (χ1v) is 11.9.